The first-order valence-corrected chi connectivity index (χ1v) is 10.4. The molecule has 3 rings (SSSR count). The standard InChI is InChI=1S/C22H25BrN2O4/c1-28-19-13-16(18(23)14-20(19)29-2)10-11-24-22(27)15-6-8-17(9-7-15)25-12-4-3-5-21(25)26/h6-9,13-14H,3-5,10-12H2,1-2H3,(H,24,27). The predicted molar refractivity (Wildman–Crippen MR) is 116 cm³/mol. The van der Waals surface area contributed by atoms with Crippen LogP contribution in [0.25, 0.3) is 0 Å². The number of piperidine rings is 1. The molecular weight excluding hydrogens is 436 g/mol. The van der Waals surface area contributed by atoms with Crippen molar-refractivity contribution < 1.29 is 19.1 Å². The zero-order valence-electron chi connectivity index (χ0n) is 16.7. The van der Waals surface area contributed by atoms with Crippen LogP contribution in [0.2, 0.25) is 0 Å². The monoisotopic (exact) mass is 460 g/mol. The highest BCUT2D eigenvalue weighted by atomic mass is 79.9. The smallest absolute Gasteiger partial charge is 0.251 e. The third-order valence-corrected chi connectivity index (χ3v) is 5.74. The molecule has 1 aliphatic rings. The maximum Gasteiger partial charge on any atom is 0.251 e. The van der Waals surface area contributed by atoms with Crippen LogP contribution in [0, 0.1) is 0 Å². The van der Waals surface area contributed by atoms with Crippen molar-refractivity contribution in [2.75, 3.05) is 32.2 Å². The Bertz CT molecular complexity index is 883. The van der Waals surface area contributed by atoms with E-state index in [4.69, 9.17) is 9.47 Å². The van der Waals surface area contributed by atoms with Crippen LogP contribution in [0.1, 0.15) is 35.2 Å². The summed E-state index contributed by atoms with van der Waals surface area (Å²) in [6.07, 6.45) is 3.20. The SMILES string of the molecule is COc1cc(Br)c(CCNC(=O)c2ccc(N3CCCCC3=O)cc2)cc1OC. The van der Waals surface area contributed by atoms with Gasteiger partial charge in [-0.3, -0.25) is 9.59 Å². The molecule has 1 heterocycles. The second-order valence-electron chi connectivity index (χ2n) is 6.85. The summed E-state index contributed by atoms with van der Waals surface area (Å²) in [5.74, 6) is 1.31. The Hall–Kier alpha value is -2.54. The van der Waals surface area contributed by atoms with Gasteiger partial charge in [0.15, 0.2) is 11.5 Å². The number of benzene rings is 2. The van der Waals surface area contributed by atoms with Crippen LogP contribution in [0.15, 0.2) is 40.9 Å². The van der Waals surface area contributed by atoms with E-state index in [0.717, 1.165) is 35.1 Å². The summed E-state index contributed by atoms with van der Waals surface area (Å²) in [7, 11) is 3.19. The van der Waals surface area contributed by atoms with Crippen molar-refractivity contribution in [3.8, 4) is 11.5 Å². The first kappa shape index (κ1) is 21.2. The van der Waals surface area contributed by atoms with Crippen LogP contribution in [-0.4, -0.2) is 39.1 Å². The average molecular weight is 461 g/mol. The third kappa shape index (κ3) is 5.09. The number of carbonyl (C=O) groups excluding carboxylic acids is 2. The molecule has 6 nitrogen and oxygen atoms in total. The van der Waals surface area contributed by atoms with Crippen molar-refractivity contribution in [3.05, 3.63) is 52.0 Å². The van der Waals surface area contributed by atoms with E-state index >= 15 is 0 Å². The number of carbonyl (C=O) groups is 2. The molecule has 0 aromatic heterocycles. The van der Waals surface area contributed by atoms with Gasteiger partial charge in [0.2, 0.25) is 5.91 Å². The molecule has 2 aromatic carbocycles. The number of hydrogen-bond acceptors (Lipinski definition) is 4. The summed E-state index contributed by atoms with van der Waals surface area (Å²) in [6, 6.07) is 11.0. The van der Waals surface area contributed by atoms with Crippen LogP contribution >= 0.6 is 15.9 Å². The number of anilines is 1. The van der Waals surface area contributed by atoms with Crippen LogP contribution in [-0.2, 0) is 11.2 Å². The van der Waals surface area contributed by atoms with E-state index in [1.165, 1.54) is 0 Å². The number of hydrogen-bond donors (Lipinski definition) is 1. The molecule has 0 bridgehead atoms. The summed E-state index contributed by atoms with van der Waals surface area (Å²) in [6.45, 7) is 1.23. The first-order valence-electron chi connectivity index (χ1n) is 9.62. The quantitative estimate of drug-likeness (QED) is 0.678. The molecule has 0 atom stereocenters. The molecule has 29 heavy (non-hydrogen) atoms. The van der Waals surface area contributed by atoms with Gasteiger partial charge in [-0.15, -0.1) is 0 Å². The topological polar surface area (TPSA) is 67.9 Å². The van der Waals surface area contributed by atoms with E-state index < -0.39 is 0 Å². The van der Waals surface area contributed by atoms with Crippen molar-refractivity contribution in [3.63, 3.8) is 0 Å². The van der Waals surface area contributed by atoms with Gasteiger partial charge in [0.05, 0.1) is 14.2 Å². The number of methoxy groups -OCH3 is 2. The summed E-state index contributed by atoms with van der Waals surface area (Å²) in [5.41, 5.74) is 2.44. The molecule has 0 saturated carbocycles. The number of amides is 2. The Morgan fingerprint density at radius 2 is 1.79 bits per heavy atom. The number of halogens is 1. The van der Waals surface area contributed by atoms with Crippen molar-refractivity contribution in [1.82, 2.24) is 5.32 Å². The third-order valence-electron chi connectivity index (χ3n) is 5.00. The predicted octanol–water partition coefficient (Wildman–Crippen LogP) is 3.96. The van der Waals surface area contributed by atoms with E-state index in [2.05, 4.69) is 21.2 Å². The van der Waals surface area contributed by atoms with Gasteiger partial charge in [0.1, 0.15) is 0 Å². The Morgan fingerprint density at radius 1 is 1.10 bits per heavy atom. The van der Waals surface area contributed by atoms with Gasteiger partial charge in [0, 0.05) is 35.2 Å². The van der Waals surface area contributed by atoms with Crippen LogP contribution in [0.3, 0.4) is 0 Å². The maximum atomic E-state index is 12.4. The highest BCUT2D eigenvalue weighted by Crippen LogP contribution is 2.33. The first-order chi connectivity index (χ1) is 14.0. The molecule has 2 amide bonds. The fourth-order valence-corrected chi connectivity index (χ4v) is 3.89. The summed E-state index contributed by atoms with van der Waals surface area (Å²) in [4.78, 5) is 26.3. The van der Waals surface area contributed by atoms with E-state index in [1.54, 1.807) is 31.3 Å². The van der Waals surface area contributed by atoms with E-state index in [9.17, 15) is 9.59 Å². The van der Waals surface area contributed by atoms with Gasteiger partial charge in [-0.25, -0.2) is 0 Å². The lowest BCUT2D eigenvalue weighted by Gasteiger charge is -2.26. The molecule has 7 heteroatoms. The van der Waals surface area contributed by atoms with Crippen molar-refractivity contribution >= 4 is 33.4 Å². The van der Waals surface area contributed by atoms with E-state index in [-0.39, 0.29) is 11.8 Å². The van der Waals surface area contributed by atoms with E-state index in [1.807, 2.05) is 24.3 Å². The average Bonchev–Trinajstić information content (AvgIpc) is 2.75. The molecule has 0 radical (unpaired) electrons. The second kappa shape index (κ2) is 9.78. The normalized spacial score (nSPS) is 13.9. The zero-order chi connectivity index (χ0) is 20.8. The largest absolute Gasteiger partial charge is 0.493 e. The fraction of sp³-hybridized carbons (Fsp3) is 0.364. The number of ether oxygens (including phenoxy) is 2. The van der Waals surface area contributed by atoms with Gasteiger partial charge >= 0.3 is 0 Å². The van der Waals surface area contributed by atoms with Crippen LogP contribution in [0.4, 0.5) is 5.69 Å². The minimum atomic E-state index is -0.141. The van der Waals surface area contributed by atoms with E-state index in [0.29, 0.717) is 36.4 Å². The highest BCUT2D eigenvalue weighted by Gasteiger charge is 2.19. The van der Waals surface area contributed by atoms with Crippen LogP contribution < -0.4 is 19.7 Å². The minimum Gasteiger partial charge on any atom is -0.493 e. The summed E-state index contributed by atoms with van der Waals surface area (Å²) >= 11 is 3.53. The number of nitrogens with one attached hydrogen (secondary N) is 1. The minimum absolute atomic E-state index is 0.141. The van der Waals surface area contributed by atoms with Crippen molar-refractivity contribution in [1.29, 1.82) is 0 Å². The van der Waals surface area contributed by atoms with Crippen LogP contribution in [0.5, 0.6) is 11.5 Å². The van der Waals surface area contributed by atoms with Gasteiger partial charge in [0.25, 0.3) is 5.91 Å². The Balaban J connectivity index is 1.58. The molecule has 154 valence electrons. The van der Waals surface area contributed by atoms with Gasteiger partial charge in [-0.05, 0) is 61.2 Å². The number of rotatable bonds is 7. The lowest BCUT2D eigenvalue weighted by Crippen LogP contribution is -2.35. The molecular formula is C22H25BrN2O4. The zero-order valence-corrected chi connectivity index (χ0v) is 18.3. The van der Waals surface area contributed by atoms with Gasteiger partial charge < -0.3 is 19.7 Å². The molecule has 0 unspecified atom stereocenters. The summed E-state index contributed by atoms with van der Waals surface area (Å²) in [5, 5.41) is 2.94. The Kier molecular flexibility index (Phi) is 7.14. The number of nitrogens with zero attached hydrogens (tertiary/aromatic N) is 1. The maximum absolute atomic E-state index is 12.4. The van der Waals surface area contributed by atoms with Gasteiger partial charge in [-0.1, -0.05) is 15.9 Å². The molecule has 0 spiro atoms. The molecule has 1 fully saturated rings. The van der Waals surface area contributed by atoms with Crippen molar-refractivity contribution in [2.24, 2.45) is 0 Å². The molecule has 1 aliphatic heterocycles. The lowest BCUT2D eigenvalue weighted by molar-refractivity contribution is -0.119. The Morgan fingerprint density at radius 3 is 2.45 bits per heavy atom. The fourth-order valence-electron chi connectivity index (χ4n) is 3.37. The molecule has 1 saturated heterocycles. The Labute approximate surface area is 179 Å². The molecule has 0 aliphatic carbocycles. The van der Waals surface area contributed by atoms with Gasteiger partial charge in [-0.2, -0.15) is 0 Å². The van der Waals surface area contributed by atoms with Crippen molar-refractivity contribution in [2.45, 2.75) is 25.7 Å². The second-order valence-corrected chi connectivity index (χ2v) is 7.71. The lowest BCUT2D eigenvalue weighted by atomic mass is 10.1. The molecule has 2 aromatic rings. The summed E-state index contributed by atoms with van der Waals surface area (Å²) < 4.78 is 11.5. The highest BCUT2D eigenvalue weighted by molar-refractivity contribution is 9.10. The molecule has 1 N–H and O–H groups in total.